The van der Waals surface area contributed by atoms with Crippen LogP contribution in [-0.4, -0.2) is 33.7 Å². The van der Waals surface area contributed by atoms with Crippen molar-refractivity contribution in [3.05, 3.63) is 65.7 Å². The minimum absolute atomic E-state index is 0.413. The minimum atomic E-state index is 0.413. The highest BCUT2D eigenvalue weighted by Gasteiger charge is 2.16. The van der Waals surface area contributed by atoms with E-state index < -0.39 is 0 Å². The van der Waals surface area contributed by atoms with E-state index in [1.54, 1.807) is 19.6 Å². The molecule has 0 amide bonds. The van der Waals surface area contributed by atoms with Crippen LogP contribution in [0.15, 0.2) is 48.9 Å². The van der Waals surface area contributed by atoms with E-state index in [0.717, 1.165) is 45.8 Å². The van der Waals surface area contributed by atoms with Gasteiger partial charge in [-0.15, -0.1) is 0 Å². The highest BCUT2D eigenvalue weighted by atomic mass is 16.5. The molecule has 4 rings (SSSR count). The number of nitrogens with zero attached hydrogens (tertiary/aromatic N) is 6. The maximum atomic E-state index is 9.18. The first-order chi connectivity index (χ1) is 15.5. The molecule has 0 aliphatic carbocycles. The Balaban J connectivity index is 1.70. The molecule has 162 valence electrons. The molecule has 0 atom stereocenters. The number of rotatable bonds is 7. The summed E-state index contributed by atoms with van der Waals surface area (Å²) in [7, 11) is 5.58. The third-order valence-corrected chi connectivity index (χ3v) is 5.48. The highest BCUT2D eigenvalue weighted by molar-refractivity contribution is 5.89. The first kappa shape index (κ1) is 21.1. The molecule has 0 aliphatic heterocycles. The Morgan fingerprint density at radius 1 is 1.19 bits per heavy atom. The summed E-state index contributed by atoms with van der Waals surface area (Å²) >= 11 is 0. The maximum Gasteiger partial charge on any atom is 0.156 e. The lowest BCUT2D eigenvalue weighted by molar-refractivity contribution is 0.414. The predicted molar refractivity (Wildman–Crippen MR) is 125 cm³/mol. The van der Waals surface area contributed by atoms with Gasteiger partial charge in [0, 0.05) is 26.7 Å². The monoisotopic (exact) mass is 427 g/mol. The summed E-state index contributed by atoms with van der Waals surface area (Å²) < 4.78 is 7.21. The zero-order valence-corrected chi connectivity index (χ0v) is 18.6. The van der Waals surface area contributed by atoms with Gasteiger partial charge in [-0.2, -0.15) is 5.26 Å². The number of aromatic nitrogens is 4. The highest BCUT2D eigenvalue weighted by Crippen LogP contribution is 2.31. The van der Waals surface area contributed by atoms with Crippen molar-refractivity contribution in [1.82, 2.24) is 19.5 Å². The molecule has 0 aliphatic rings. The molecule has 8 heteroatoms. The van der Waals surface area contributed by atoms with Crippen molar-refractivity contribution in [2.24, 2.45) is 7.05 Å². The first-order valence-electron chi connectivity index (χ1n) is 10.4. The molecule has 0 saturated heterocycles. The third-order valence-electron chi connectivity index (χ3n) is 5.48. The van der Waals surface area contributed by atoms with Gasteiger partial charge in [0.1, 0.15) is 28.8 Å². The Kier molecular flexibility index (Phi) is 5.90. The molecule has 0 saturated carbocycles. The standard InChI is InChI=1S/C24H25N7O/c1-5-17-10-18(12-25)26-14-21(17)31(3)22-11-20-23(28-15-30(20)2)24(29-22)27-13-16-6-8-19(32-4)9-7-16/h6-11,14-15H,5,13H2,1-4H3,(H,27,29). The second-order valence-electron chi connectivity index (χ2n) is 7.48. The predicted octanol–water partition coefficient (Wildman–Crippen LogP) is 4.19. The number of nitrogens with one attached hydrogen (secondary N) is 1. The van der Waals surface area contributed by atoms with E-state index in [-0.39, 0.29) is 0 Å². The molecule has 0 fully saturated rings. The van der Waals surface area contributed by atoms with Crippen LogP contribution in [-0.2, 0) is 20.0 Å². The van der Waals surface area contributed by atoms with Crippen LogP contribution in [0.1, 0.15) is 23.7 Å². The molecule has 1 N–H and O–H groups in total. The molecule has 3 aromatic heterocycles. The Morgan fingerprint density at radius 2 is 1.97 bits per heavy atom. The van der Waals surface area contributed by atoms with Crippen molar-refractivity contribution in [2.75, 3.05) is 24.4 Å². The van der Waals surface area contributed by atoms with Gasteiger partial charge in [-0.3, -0.25) is 0 Å². The van der Waals surface area contributed by atoms with Gasteiger partial charge in [0.2, 0.25) is 0 Å². The van der Waals surface area contributed by atoms with Crippen molar-refractivity contribution in [3.8, 4) is 11.8 Å². The molecule has 0 bridgehead atoms. The number of fused-ring (bicyclic) bond motifs is 1. The van der Waals surface area contributed by atoms with Crippen LogP contribution in [0.3, 0.4) is 0 Å². The lowest BCUT2D eigenvalue weighted by atomic mass is 10.1. The third kappa shape index (κ3) is 4.05. The van der Waals surface area contributed by atoms with Crippen LogP contribution >= 0.6 is 0 Å². The number of methoxy groups -OCH3 is 1. The second kappa shape index (κ2) is 8.94. The number of aryl methyl sites for hydroxylation is 2. The average Bonchev–Trinajstić information content (AvgIpc) is 3.22. The lowest BCUT2D eigenvalue weighted by Crippen LogP contribution is -2.15. The van der Waals surface area contributed by atoms with Gasteiger partial charge in [0.15, 0.2) is 5.82 Å². The summed E-state index contributed by atoms with van der Waals surface area (Å²) in [6, 6.07) is 13.9. The summed E-state index contributed by atoms with van der Waals surface area (Å²) in [4.78, 5) is 15.7. The summed E-state index contributed by atoms with van der Waals surface area (Å²) in [6.45, 7) is 2.67. The molecule has 4 aromatic rings. The molecular weight excluding hydrogens is 402 g/mol. The number of nitriles is 1. The number of ether oxygens (including phenoxy) is 1. The topological polar surface area (TPSA) is 91.9 Å². The molecule has 0 radical (unpaired) electrons. The van der Waals surface area contributed by atoms with Crippen LogP contribution in [0.5, 0.6) is 5.75 Å². The largest absolute Gasteiger partial charge is 0.497 e. The number of benzene rings is 1. The molecule has 0 unspecified atom stereocenters. The molecule has 32 heavy (non-hydrogen) atoms. The van der Waals surface area contributed by atoms with Crippen molar-refractivity contribution < 1.29 is 4.74 Å². The van der Waals surface area contributed by atoms with Crippen LogP contribution in [0.25, 0.3) is 11.0 Å². The zero-order chi connectivity index (χ0) is 22.7. The fourth-order valence-electron chi connectivity index (χ4n) is 3.60. The number of pyridine rings is 2. The van der Waals surface area contributed by atoms with Crippen LogP contribution in [0.4, 0.5) is 17.3 Å². The van der Waals surface area contributed by atoms with Gasteiger partial charge in [-0.1, -0.05) is 19.1 Å². The van der Waals surface area contributed by atoms with Crippen molar-refractivity contribution in [3.63, 3.8) is 0 Å². The molecule has 1 aromatic carbocycles. The van der Waals surface area contributed by atoms with Crippen LogP contribution in [0, 0.1) is 11.3 Å². The number of hydrogen-bond acceptors (Lipinski definition) is 7. The number of anilines is 3. The van der Waals surface area contributed by atoms with Crippen molar-refractivity contribution >= 4 is 28.4 Å². The van der Waals surface area contributed by atoms with Gasteiger partial charge in [0.25, 0.3) is 0 Å². The van der Waals surface area contributed by atoms with Gasteiger partial charge in [0.05, 0.1) is 30.8 Å². The van der Waals surface area contributed by atoms with Crippen molar-refractivity contribution in [1.29, 1.82) is 5.26 Å². The molecule has 3 heterocycles. The van der Waals surface area contributed by atoms with E-state index in [4.69, 9.17) is 9.72 Å². The average molecular weight is 428 g/mol. The first-order valence-corrected chi connectivity index (χ1v) is 10.4. The fraction of sp³-hybridized carbons (Fsp3) is 0.250. The van der Waals surface area contributed by atoms with E-state index >= 15 is 0 Å². The summed E-state index contributed by atoms with van der Waals surface area (Å²) in [5.41, 5.74) is 5.27. The number of hydrogen-bond donors (Lipinski definition) is 1. The van der Waals surface area contributed by atoms with Gasteiger partial charge < -0.3 is 19.5 Å². The normalized spacial score (nSPS) is 10.7. The molecule has 0 spiro atoms. The van der Waals surface area contributed by atoms with E-state index in [1.165, 1.54) is 0 Å². The van der Waals surface area contributed by atoms with Gasteiger partial charge in [-0.05, 0) is 35.7 Å². The Hall–Kier alpha value is -4.12. The Morgan fingerprint density at radius 3 is 2.66 bits per heavy atom. The van der Waals surface area contributed by atoms with Crippen molar-refractivity contribution in [2.45, 2.75) is 19.9 Å². The van der Waals surface area contributed by atoms with E-state index in [1.807, 2.05) is 60.0 Å². The second-order valence-corrected chi connectivity index (χ2v) is 7.48. The lowest BCUT2D eigenvalue weighted by Gasteiger charge is -2.22. The van der Waals surface area contributed by atoms with E-state index in [2.05, 4.69) is 28.3 Å². The number of imidazole rings is 1. The maximum absolute atomic E-state index is 9.18. The van der Waals surface area contributed by atoms with E-state index in [0.29, 0.717) is 18.1 Å². The van der Waals surface area contributed by atoms with Gasteiger partial charge in [-0.25, -0.2) is 15.0 Å². The fourth-order valence-corrected chi connectivity index (χ4v) is 3.60. The van der Waals surface area contributed by atoms with E-state index in [9.17, 15) is 5.26 Å². The summed E-state index contributed by atoms with van der Waals surface area (Å²) in [6.07, 6.45) is 4.31. The molecular formula is C24H25N7O. The Labute approximate surface area is 187 Å². The zero-order valence-electron chi connectivity index (χ0n) is 18.6. The van der Waals surface area contributed by atoms with Gasteiger partial charge >= 0.3 is 0 Å². The summed E-state index contributed by atoms with van der Waals surface area (Å²) in [5, 5.41) is 12.6. The quantitative estimate of drug-likeness (QED) is 0.473. The van der Waals surface area contributed by atoms with Crippen LogP contribution in [0.2, 0.25) is 0 Å². The summed E-state index contributed by atoms with van der Waals surface area (Å²) in [5.74, 6) is 2.30. The molecule has 8 nitrogen and oxygen atoms in total. The Bertz CT molecular complexity index is 1290. The SMILES string of the molecule is CCc1cc(C#N)ncc1N(C)c1cc2c(ncn2C)c(NCc2ccc(OC)cc2)n1. The minimum Gasteiger partial charge on any atom is -0.497 e. The van der Waals surface area contributed by atoms with Crippen LogP contribution < -0.4 is 15.0 Å². The smallest absolute Gasteiger partial charge is 0.156 e.